The summed E-state index contributed by atoms with van der Waals surface area (Å²) in [6.45, 7) is 3.04. The molecule has 2 saturated heterocycles. The summed E-state index contributed by atoms with van der Waals surface area (Å²) in [4.78, 5) is 63.2. The van der Waals surface area contributed by atoms with Crippen molar-refractivity contribution < 1.29 is 32.4 Å². The molecule has 4 N–H and O–H groups in total. The van der Waals surface area contributed by atoms with Crippen LogP contribution in [-0.2, 0) is 29.0 Å². The maximum Gasteiger partial charge on any atom is 0.315 e. The van der Waals surface area contributed by atoms with E-state index in [1.165, 1.54) is 11.0 Å². The number of rotatable bonds is 10. The first kappa shape index (κ1) is 29.6. The SMILES string of the molecule is C=CCNC(=O)C(=O)CNC(=O)[C@@H]1CCCN1C(=O)CNC(=O)NC1([C@H]2CCCCS2(=O)=O)CCCCC1. The van der Waals surface area contributed by atoms with Crippen LogP contribution < -0.4 is 21.3 Å². The Morgan fingerprint density at radius 3 is 2.32 bits per heavy atom. The minimum absolute atomic E-state index is 0.127. The molecule has 2 heterocycles. The fraction of sp³-hybridized carbons (Fsp3) is 0.720. The minimum atomic E-state index is -3.33. The van der Waals surface area contributed by atoms with Crippen molar-refractivity contribution in [2.24, 2.45) is 0 Å². The Hall–Kier alpha value is -2.96. The van der Waals surface area contributed by atoms with Gasteiger partial charge >= 0.3 is 6.03 Å². The number of nitrogens with one attached hydrogen (secondary N) is 4. The summed E-state index contributed by atoms with van der Waals surface area (Å²) in [6, 6.07) is -1.41. The number of likely N-dealkylation sites (tertiary alicyclic amines) is 1. The monoisotopic (exact) mass is 553 g/mol. The van der Waals surface area contributed by atoms with Crippen molar-refractivity contribution in [1.82, 2.24) is 26.2 Å². The van der Waals surface area contributed by atoms with Crippen LogP contribution >= 0.6 is 0 Å². The van der Waals surface area contributed by atoms with E-state index in [1.807, 2.05) is 0 Å². The van der Waals surface area contributed by atoms with Crippen molar-refractivity contribution >= 4 is 39.4 Å². The summed E-state index contributed by atoms with van der Waals surface area (Å²) < 4.78 is 25.7. The number of carbonyl (C=O) groups is 5. The molecule has 38 heavy (non-hydrogen) atoms. The van der Waals surface area contributed by atoms with Gasteiger partial charge in [-0.3, -0.25) is 19.2 Å². The Morgan fingerprint density at radius 1 is 0.895 bits per heavy atom. The predicted octanol–water partition coefficient (Wildman–Crippen LogP) is -0.0657. The second-order valence-corrected chi connectivity index (χ2v) is 12.6. The Kier molecular flexibility index (Phi) is 10.3. The number of Topliss-reactive ketones (excluding diaryl/α,β-unsaturated/α-hetero) is 1. The number of sulfone groups is 1. The molecular formula is C25H39N5O7S. The molecule has 3 rings (SSSR count). The lowest BCUT2D eigenvalue weighted by Gasteiger charge is -2.45. The lowest BCUT2D eigenvalue weighted by Crippen LogP contribution is -2.63. The van der Waals surface area contributed by atoms with Crippen molar-refractivity contribution in [1.29, 1.82) is 0 Å². The maximum atomic E-state index is 12.9. The van der Waals surface area contributed by atoms with E-state index < -0.39 is 62.7 Å². The van der Waals surface area contributed by atoms with Crippen LogP contribution in [0.2, 0.25) is 0 Å². The molecule has 0 bridgehead atoms. The molecular weight excluding hydrogens is 514 g/mol. The summed E-state index contributed by atoms with van der Waals surface area (Å²) in [5, 5.41) is 9.61. The zero-order valence-electron chi connectivity index (χ0n) is 21.8. The van der Waals surface area contributed by atoms with Gasteiger partial charge in [-0.1, -0.05) is 31.8 Å². The van der Waals surface area contributed by atoms with Crippen molar-refractivity contribution in [3.8, 4) is 0 Å². The van der Waals surface area contributed by atoms with Crippen LogP contribution in [-0.4, -0.2) is 91.6 Å². The van der Waals surface area contributed by atoms with Gasteiger partial charge in [0.1, 0.15) is 6.04 Å². The van der Waals surface area contributed by atoms with Crippen LogP contribution in [0.1, 0.15) is 64.2 Å². The lowest BCUT2D eigenvalue weighted by molar-refractivity contribution is -0.140. The lowest BCUT2D eigenvalue weighted by atomic mass is 9.77. The summed E-state index contributed by atoms with van der Waals surface area (Å²) >= 11 is 0. The average Bonchev–Trinajstić information content (AvgIpc) is 3.39. The molecule has 2 aliphatic heterocycles. The summed E-state index contributed by atoms with van der Waals surface area (Å²) in [5.74, 6) is -2.53. The van der Waals surface area contributed by atoms with Crippen LogP contribution in [0.5, 0.6) is 0 Å². The predicted molar refractivity (Wildman–Crippen MR) is 140 cm³/mol. The smallest absolute Gasteiger partial charge is 0.315 e. The van der Waals surface area contributed by atoms with Crippen molar-refractivity contribution in [2.75, 3.05) is 31.9 Å². The fourth-order valence-electron chi connectivity index (χ4n) is 5.78. The van der Waals surface area contributed by atoms with Gasteiger partial charge in [-0.15, -0.1) is 6.58 Å². The molecule has 0 spiro atoms. The third-order valence-corrected chi connectivity index (χ3v) is 10.1. The van der Waals surface area contributed by atoms with Gasteiger partial charge in [0.05, 0.1) is 29.6 Å². The molecule has 12 nitrogen and oxygen atoms in total. The molecule has 3 aliphatic rings. The molecule has 0 unspecified atom stereocenters. The standard InChI is InChI=1S/C25H39N5O7S/c1-2-13-26-23(34)19(31)16-27-22(33)18-9-8-14-30(18)21(32)17-28-24(35)29-25(11-5-3-6-12-25)20-10-4-7-15-38(20,36)37/h2,18,20H,1,3-17H2,(H,26,34)(H,27,33)(H2,28,29,35)/t18-,20+/m0/s1. The van der Waals surface area contributed by atoms with E-state index in [-0.39, 0.29) is 18.8 Å². The number of hydrogen-bond donors (Lipinski definition) is 4. The van der Waals surface area contributed by atoms with Crippen LogP contribution in [0.15, 0.2) is 12.7 Å². The number of hydrogen-bond acceptors (Lipinski definition) is 7. The molecule has 3 fully saturated rings. The molecule has 0 aromatic rings. The molecule has 212 valence electrons. The van der Waals surface area contributed by atoms with E-state index in [1.54, 1.807) is 0 Å². The van der Waals surface area contributed by atoms with Crippen LogP contribution in [0.4, 0.5) is 4.79 Å². The molecule has 5 amide bonds. The normalized spacial score (nSPS) is 24.1. The zero-order chi connectivity index (χ0) is 27.8. The number of urea groups is 1. The van der Waals surface area contributed by atoms with Crippen LogP contribution in [0, 0.1) is 0 Å². The zero-order valence-corrected chi connectivity index (χ0v) is 22.6. The van der Waals surface area contributed by atoms with Gasteiger partial charge in [0.25, 0.3) is 5.91 Å². The van der Waals surface area contributed by atoms with E-state index in [0.717, 1.165) is 25.7 Å². The second kappa shape index (κ2) is 13.2. The Labute approximate surface area is 223 Å². The quantitative estimate of drug-likeness (QED) is 0.217. The van der Waals surface area contributed by atoms with Crippen molar-refractivity contribution in [2.45, 2.75) is 81.0 Å². The fourth-order valence-corrected chi connectivity index (χ4v) is 8.18. The highest BCUT2D eigenvalue weighted by Gasteiger charge is 2.48. The van der Waals surface area contributed by atoms with Crippen molar-refractivity contribution in [3.63, 3.8) is 0 Å². The summed E-state index contributed by atoms with van der Waals surface area (Å²) in [7, 11) is -3.33. The van der Waals surface area contributed by atoms with Gasteiger partial charge in [-0.05, 0) is 38.5 Å². The molecule has 1 aliphatic carbocycles. The Morgan fingerprint density at radius 2 is 1.63 bits per heavy atom. The Bertz CT molecular complexity index is 1040. The van der Waals surface area contributed by atoms with Crippen molar-refractivity contribution in [3.05, 3.63) is 12.7 Å². The van der Waals surface area contributed by atoms with E-state index >= 15 is 0 Å². The van der Waals surface area contributed by atoms with E-state index in [2.05, 4.69) is 27.8 Å². The highest BCUT2D eigenvalue weighted by Crippen LogP contribution is 2.38. The maximum absolute atomic E-state index is 12.9. The first-order chi connectivity index (χ1) is 18.1. The topological polar surface area (TPSA) is 171 Å². The van der Waals surface area contributed by atoms with E-state index in [4.69, 9.17) is 0 Å². The molecule has 13 heteroatoms. The largest absolute Gasteiger partial charge is 0.347 e. The van der Waals surface area contributed by atoms with Gasteiger partial charge < -0.3 is 26.2 Å². The summed E-state index contributed by atoms with van der Waals surface area (Å²) in [5.41, 5.74) is -0.842. The van der Waals surface area contributed by atoms with E-state index in [9.17, 15) is 32.4 Å². The van der Waals surface area contributed by atoms with Gasteiger partial charge in [-0.2, -0.15) is 0 Å². The number of ketones is 1. The first-order valence-electron chi connectivity index (χ1n) is 13.4. The summed E-state index contributed by atoms with van der Waals surface area (Å²) in [6.07, 6.45) is 8.15. The number of nitrogens with zero attached hydrogens (tertiary/aromatic N) is 1. The van der Waals surface area contributed by atoms with Gasteiger partial charge in [0, 0.05) is 13.1 Å². The highest BCUT2D eigenvalue weighted by molar-refractivity contribution is 7.92. The first-order valence-corrected chi connectivity index (χ1v) is 15.1. The van der Waals surface area contributed by atoms with Gasteiger partial charge in [0.15, 0.2) is 9.84 Å². The molecule has 1 saturated carbocycles. The minimum Gasteiger partial charge on any atom is -0.347 e. The van der Waals surface area contributed by atoms with Crippen LogP contribution in [0.25, 0.3) is 0 Å². The third-order valence-electron chi connectivity index (χ3n) is 7.66. The second-order valence-electron chi connectivity index (χ2n) is 10.3. The van der Waals surface area contributed by atoms with E-state index in [0.29, 0.717) is 45.1 Å². The molecule has 2 atom stereocenters. The molecule has 0 radical (unpaired) electrons. The molecule has 0 aromatic carbocycles. The molecule has 0 aromatic heterocycles. The van der Waals surface area contributed by atoms with Crippen LogP contribution in [0.3, 0.4) is 0 Å². The Balaban J connectivity index is 1.53. The average molecular weight is 554 g/mol. The third kappa shape index (κ3) is 7.33. The number of carbonyl (C=O) groups excluding carboxylic acids is 5. The van der Waals surface area contributed by atoms with Gasteiger partial charge in [0.2, 0.25) is 17.6 Å². The van der Waals surface area contributed by atoms with Gasteiger partial charge in [-0.25, -0.2) is 13.2 Å². The number of amides is 5. The highest BCUT2D eigenvalue weighted by atomic mass is 32.2.